The molecule has 0 radical (unpaired) electrons. The summed E-state index contributed by atoms with van der Waals surface area (Å²) in [5.74, 6) is 0.574. The van der Waals surface area contributed by atoms with E-state index in [0.717, 1.165) is 5.69 Å². The molecule has 0 spiro atoms. The van der Waals surface area contributed by atoms with Gasteiger partial charge in [0.05, 0.1) is 0 Å². The zero-order valence-corrected chi connectivity index (χ0v) is 15.8. The molecule has 2 amide bonds. The van der Waals surface area contributed by atoms with E-state index in [0.29, 0.717) is 36.0 Å². The third kappa shape index (κ3) is 4.03. The second-order valence-electron chi connectivity index (χ2n) is 6.44. The fourth-order valence-electron chi connectivity index (χ4n) is 2.97. The number of para-hydroxylation sites is 1. The number of fused-ring (bicyclic) bond motifs is 1. The Labute approximate surface area is 167 Å². The quantitative estimate of drug-likeness (QED) is 0.740. The van der Waals surface area contributed by atoms with E-state index in [1.165, 1.54) is 17.2 Å². The number of hydrogen-bond donors (Lipinski definition) is 1. The Morgan fingerprint density at radius 1 is 0.966 bits per heavy atom. The Morgan fingerprint density at radius 2 is 1.72 bits per heavy atom. The maximum atomic E-state index is 12.8. The van der Waals surface area contributed by atoms with Crippen LogP contribution in [0, 0.1) is 0 Å². The summed E-state index contributed by atoms with van der Waals surface area (Å²) in [4.78, 5) is 31.0. The van der Waals surface area contributed by atoms with Gasteiger partial charge in [-0.15, -0.1) is 0 Å². The van der Waals surface area contributed by atoms with Crippen molar-refractivity contribution in [1.29, 1.82) is 0 Å². The third-order valence-electron chi connectivity index (χ3n) is 4.49. The number of carbonyl (C=O) groups is 2. The number of carbonyl (C=O) groups excluding carboxylic acids is 2. The highest BCUT2D eigenvalue weighted by Crippen LogP contribution is 2.32. The van der Waals surface area contributed by atoms with Gasteiger partial charge in [0.2, 0.25) is 0 Å². The van der Waals surface area contributed by atoms with Crippen molar-refractivity contribution in [1.82, 2.24) is 4.98 Å². The van der Waals surface area contributed by atoms with E-state index >= 15 is 0 Å². The summed E-state index contributed by atoms with van der Waals surface area (Å²) in [5.41, 5.74) is 1.83. The summed E-state index contributed by atoms with van der Waals surface area (Å²) in [6.45, 7) is 0.964. The van der Waals surface area contributed by atoms with E-state index in [4.69, 9.17) is 9.47 Å². The average Bonchev–Trinajstić information content (AvgIpc) is 2.78. The Bertz CT molecular complexity index is 1050. The summed E-state index contributed by atoms with van der Waals surface area (Å²) < 4.78 is 11.0. The Kier molecular flexibility index (Phi) is 5.11. The van der Waals surface area contributed by atoms with Crippen LogP contribution in [0.25, 0.3) is 0 Å². The van der Waals surface area contributed by atoms with E-state index in [9.17, 15) is 9.59 Å². The molecular weight excluding hydrogens is 370 g/mol. The minimum Gasteiger partial charge on any atom is -0.486 e. The van der Waals surface area contributed by atoms with Gasteiger partial charge < -0.3 is 19.7 Å². The van der Waals surface area contributed by atoms with Crippen molar-refractivity contribution in [2.45, 2.75) is 0 Å². The van der Waals surface area contributed by atoms with Crippen molar-refractivity contribution >= 4 is 23.2 Å². The van der Waals surface area contributed by atoms with E-state index in [2.05, 4.69) is 10.3 Å². The van der Waals surface area contributed by atoms with Gasteiger partial charge >= 0.3 is 0 Å². The van der Waals surface area contributed by atoms with Gasteiger partial charge in [-0.1, -0.05) is 18.2 Å². The highest BCUT2D eigenvalue weighted by molar-refractivity contribution is 6.08. The van der Waals surface area contributed by atoms with Crippen LogP contribution < -0.4 is 19.7 Å². The molecule has 1 aliphatic rings. The molecule has 1 N–H and O–H groups in total. The van der Waals surface area contributed by atoms with Crippen molar-refractivity contribution in [3.05, 3.63) is 78.1 Å². The second-order valence-corrected chi connectivity index (χ2v) is 6.44. The van der Waals surface area contributed by atoms with Crippen LogP contribution in [0.3, 0.4) is 0 Å². The molecule has 29 heavy (non-hydrogen) atoms. The van der Waals surface area contributed by atoms with E-state index in [-0.39, 0.29) is 11.6 Å². The topological polar surface area (TPSA) is 80.8 Å². The van der Waals surface area contributed by atoms with E-state index in [1.807, 2.05) is 30.3 Å². The third-order valence-corrected chi connectivity index (χ3v) is 4.49. The molecule has 7 nitrogen and oxygen atoms in total. The summed E-state index contributed by atoms with van der Waals surface area (Å²) in [6, 6.07) is 17.5. The number of aromatic nitrogens is 1. The molecule has 3 aromatic rings. The monoisotopic (exact) mass is 389 g/mol. The van der Waals surface area contributed by atoms with Crippen LogP contribution in [0.4, 0.5) is 11.4 Å². The number of hydrogen-bond acceptors (Lipinski definition) is 5. The SMILES string of the molecule is CN(C(=O)c1ccnc(C(=O)Nc2ccc3c(c2)OCCO3)c1)c1ccccc1. The van der Waals surface area contributed by atoms with Gasteiger partial charge in [0.1, 0.15) is 18.9 Å². The predicted octanol–water partition coefficient (Wildman–Crippen LogP) is 3.38. The van der Waals surface area contributed by atoms with Gasteiger partial charge in [-0.2, -0.15) is 0 Å². The fraction of sp³-hybridized carbons (Fsp3) is 0.136. The summed E-state index contributed by atoms with van der Waals surface area (Å²) >= 11 is 0. The molecule has 0 aliphatic carbocycles. The minimum atomic E-state index is -0.418. The lowest BCUT2D eigenvalue weighted by Gasteiger charge is -2.19. The number of ether oxygens (including phenoxy) is 2. The fourth-order valence-corrected chi connectivity index (χ4v) is 2.97. The molecule has 4 rings (SSSR count). The first-order chi connectivity index (χ1) is 14.1. The molecule has 146 valence electrons. The number of benzene rings is 2. The van der Waals surface area contributed by atoms with Gasteiger partial charge in [-0.3, -0.25) is 14.6 Å². The van der Waals surface area contributed by atoms with Crippen LogP contribution in [-0.4, -0.2) is 37.1 Å². The number of nitrogens with zero attached hydrogens (tertiary/aromatic N) is 2. The normalized spacial score (nSPS) is 12.2. The molecule has 0 unspecified atom stereocenters. The van der Waals surface area contributed by atoms with Crippen LogP contribution in [-0.2, 0) is 0 Å². The lowest BCUT2D eigenvalue weighted by atomic mass is 10.1. The first-order valence-corrected chi connectivity index (χ1v) is 9.12. The van der Waals surface area contributed by atoms with Crippen LogP contribution >= 0.6 is 0 Å². The lowest BCUT2D eigenvalue weighted by Crippen LogP contribution is -2.26. The van der Waals surface area contributed by atoms with Crippen molar-refractivity contribution in [3.8, 4) is 11.5 Å². The summed E-state index contributed by atoms with van der Waals surface area (Å²) in [5, 5.41) is 2.77. The number of anilines is 2. The van der Waals surface area contributed by atoms with Crippen molar-refractivity contribution in [3.63, 3.8) is 0 Å². The molecule has 1 aromatic heterocycles. The smallest absolute Gasteiger partial charge is 0.274 e. The molecule has 1 aliphatic heterocycles. The van der Waals surface area contributed by atoms with Gasteiger partial charge in [-0.05, 0) is 36.4 Å². The first kappa shape index (κ1) is 18.5. The van der Waals surface area contributed by atoms with Gasteiger partial charge in [0, 0.05) is 36.2 Å². The molecule has 0 atom stereocenters. The largest absolute Gasteiger partial charge is 0.486 e. The minimum absolute atomic E-state index is 0.146. The van der Waals surface area contributed by atoms with Crippen molar-refractivity contribution in [2.24, 2.45) is 0 Å². The van der Waals surface area contributed by atoms with E-state index in [1.54, 1.807) is 31.3 Å². The van der Waals surface area contributed by atoms with Gasteiger partial charge in [-0.25, -0.2) is 0 Å². The van der Waals surface area contributed by atoms with Crippen LogP contribution in [0.15, 0.2) is 66.9 Å². The molecule has 0 saturated carbocycles. The Hall–Kier alpha value is -3.87. The number of amides is 2. The van der Waals surface area contributed by atoms with Crippen molar-refractivity contribution in [2.75, 3.05) is 30.5 Å². The van der Waals surface area contributed by atoms with Gasteiger partial charge in [0.25, 0.3) is 11.8 Å². The maximum Gasteiger partial charge on any atom is 0.274 e. The Morgan fingerprint density at radius 3 is 2.52 bits per heavy atom. The number of rotatable bonds is 4. The van der Waals surface area contributed by atoms with Gasteiger partial charge in [0.15, 0.2) is 11.5 Å². The molecule has 0 saturated heterocycles. The lowest BCUT2D eigenvalue weighted by molar-refractivity contribution is 0.0993. The van der Waals surface area contributed by atoms with Crippen LogP contribution in [0.1, 0.15) is 20.8 Å². The molecule has 0 fully saturated rings. The zero-order chi connectivity index (χ0) is 20.2. The molecular formula is C22H19N3O4. The standard InChI is InChI=1S/C22H19N3O4/c1-25(17-5-3-2-4-6-17)22(27)15-9-10-23-18(13-15)21(26)24-16-7-8-19-20(14-16)29-12-11-28-19/h2-10,13-14H,11-12H2,1H3,(H,24,26). The maximum absolute atomic E-state index is 12.8. The highest BCUT2D eigenvalue weighted by Gasteiger charge is 2.17. The zero-order valence-electron chi connectivity index (χ0n) is 15.8. The molecule has 7 heteroatoms. The Balaban J connectivity index is 1.51. The van der Waals surface area contributed by atoms with Crippen LogP contribution in [0.5, 0.6) is 11.5 Å². The molecule has 2 aromatic carbocycles. The van der Waals surface area contributed by atoms with Crippen molar-refractivity contribution < 1.29 is 19.1 Å². The summed E-state index contributed by atoms with van der Waals surface area (Å²) in [6.07, 6.45) is 1.45. The van der Waals surface area contributed by atoms with Crippen LogP contribution in [0.2, 0.25) is 0 Å². The molecule has 0 bridgehead atoms. The second kappa shape index (κ2) is 8.02. The molecule has 2 heterocycles. The first-order valence-electron chi connectivity index (χ1n) is 9.12. The average molecular weight is 389 g/mol. The predicted molar refractivity (Wildman–Crippen MR) is 109 cm³/mol. The highest BCUT2D eigenvalue weighted by atomic mass is 16.6. The van der Waals surface area contributed by atoms with E-state index < -0.39 is 5.91 Å². The number of nitrogens with one attached hydrogen (secondary N) is 1. The number of pyridine rings is 1. The summed E-state index contributed by atoms with van der Waals surface area (Å²) in [7, 11) is 1.69.